The lowest BCUT2D eigenvalue weighted by Gasteiger charge is -2.16. The van der Waals surface area contributed by atoms with Gasteiger partial charge in [-0.2, -0.15) is 0 Å². The number of aromatic nitrogens is 2. The molecule has 1 saturated carbocycles. The van der Waals surface area contributed by atoms with Gasteiger partial charge in [0, 0.05) is 12.4 Å². The molecule has 1 aromatic heterocycles. The Morgan fingerprint density at radius 3 is 2.31 bits per heavy atom. The Hall–Kier alpha value is -1.71. The summed E-state index contributed by atoms with van der Waals surface area (Å²) in [7, 11) is 0. The topological polar surface area (TPSA) is 63.1 Å². The van der Waals surface area contributed by atoms with Crippen molar-refractivity contribution in [3.63, 3.8) is 0 Å². The summed E-state index contributed by atoms with van der Waals surface area (Å²) in [5.41, 5.74) is 1.30. The van der Waals surface area contributed by atoms with Gasteiger partial charge in [0.15, 0.2) is 5.82 Å². The van der Waals surface area contributed by atoms with Gasteiger partial charge in [-0.25, -0.2) is 14.8 Å². The Morgan fingerprint density at radius 1 is 1.12 bits per heavy atom. The maximum absolute atomic E-state index is 11.3. The minimum absolute atomic E-state index is 0.306. The van der Waals surface area contributed by atoms with Gasteiger partial charge in [0.25, 0.3) is 0 Å². The number of rotatable bonds is 2. The Kier molecular flexibility index (Phi) is 3.29. The Labute approximate surface area is 94.1 Å². The van der Waals surface area contributed by atoms with Crippen LogP contribution in [0.4, 0.5) is 0 Å². The average Bonchev–Trinajstić information content (AvgIpc) is 2.31. The molecule has 16 heavy (non-hydrogen) atoms. The number of allylic oxidation sites excluding steroid dienone is 1. The molecule has 0 bridgehead atoms. The van der Waals surface area contributed by atoms with Crippen LogP contribution in [0.5, 0.6) is 0 Å². The molecule has 1 aliphatic carbocycles. The number of carboxylic acids is 1. The van der Waals surface area contributed by atoms with Crippen LogP contribution in [0.1, 0.15) is 37.9 Å². The molecule has 0 unspecified atom stereocenters. The molecule has 2 rings (SSSR count). The van der Waals surface area contributed by atoms with E-state index in [1.807, 2.05) is 0 Å². The zero-order valence-electron chi connectivity index (χ0n) is 9.02. The fourth-order valence-corrected chi connectivity index (χ4v) is 2.06. The molecule has 0 radical (unpaired) electrons. The minimum Gasteiger partial charge on any atom is -0.478 e. The van der Waals surface area contributed by atoms with Gasteiger partial charge >= 0.3 is 5.97 Å². The van der Waals surface area contributed by atoms with Crippen LogP contribution in [0.15, 0.2) is 24.0 Å². The highest BCUT2D eigenvalue weighted by Crippen LogP contribution is 2.29. The molecular weight excluding hydrogens is 204 g/mol. The third-order valence-electron chi connectivity index (χ3n) is 2.81. The number of carboxylic acid groups (broad SMARTS) is 1. The first kappa shape index (κ1) is 10.8. The van der Waals surface area contributed by atoms with E-state index in [-0.39, 0.29) is 0 Å². The van der Waals surface area contributed by atoms with Gasteiger partial charge < -0.3 is 5.11 Å². The highest BCUT2D eigenvalue weighted by atomic mass is 16.4. The molecular formula is C12H14N2O2. The third kappa shape index (κ3) is 2.27. The second-order valence-electron chi connectivity index (χ2n) is 3.92. The summed E-state index contributed by atoms with van der Waals surface area (Å²) < 4.78 is 0. The van der Waals surface area contributed by atoms with Crippen LogP contribution in [0.25, 0.3) is 5.57 Å². The van der Waals surface area contributed by atoms with Crippen LogP contribution >= 0.6 is 0 Å². The Bertz CT molecular complexity index is 404. The van der Waals surface area contributed by atoms with Gasteiger partial charge in [-0.1, -0.05) is 12.0 Å². The summed E-state index contributed by atoms with van der Waals surface area (Å²) in [5, 5.41) is 9.24. The van der Waals surface area contributed by atoms with Gasteiger partial charge in [0.05, 0.1) is 0 Å². The molecule has 4 heteroatoms. The van der Waals surface area contributed by atoms with Crippen LogP contribution < -0.4 is 0 Å². The van der Waals surface area contributed by atoms with Crippen molar-refractivity contribution in [2.75, 3.05) is 0 Å². The summed E-state index contributed by atoms with van der Waals surface area (Å²) in [6.45, 7) is 0. The third-order valence-corrected chi connectivity index (χ3v) is 2.81. The van der Waals surface area contributed by atoms with Crippen molar-refractivity contribution in [1.82, 2.24) is 9.97 Å². The van der Waals surface area contributed by atoms with E-state index in [1.54, 1.807) is 18.5 Å². The van der Waals surface area contributed by atoms with Crippen LogP contribution in [0.3, 0.4) is 0 Å². The fraction of sp³-hybridized carbons (Fsp3) is 0.417. The highest BCUT2D eigenvalue weighted by molar-refractivity contribution is 6.15. The molecule has 1 aliphatic rings. The van der Waals surface area contributed by atoms with Crippen LogP contribution in [0.2, 0.25) is 0 Å². The first-order valence-corrected chi connectivity index (χ1v) is 5.52. The van der Waals surface area contributed by atoms with Crippen molar-refractivity contribution in [1.29, 1.82) is 0 Å². The van der Waals surface area contributed by atoms with E-state index in [0.29, 0.717) is 11.4 Å². The Balaban J connectivity index is 2.41. The molecule has 4 nitrogen and oxygen atoms in total. The minimum atomic E-state index is -0.914. The largest absolute Gasteiger partial charge is 0.478 e. The van der Waals surface area contributed by atoms with Crippen LogP contribution in [-0.4, -0.2) is 21.0 Å². The van der Waals surface area contributed by atoms with Crippen molar-refractivity contribution in [2.45, 2.75) is 32.1 Å². The lowest BCUT2D eigenvalue weighted by Crippen LogP contribution is -2.09. The highest BCUT2D eigenvalue weighted by Gasteiger charge is 2.20. The molecule has 1 N–H and O–H groups in total. The number of hydrogen-bond acceptors (Lipinski definition) is 3. The lowest BCUT2D eigenvalue weighted by atomic mass is 9.90. The predicted molar refractivity (Wildman–Crippen MR) is 59.7 cm³/mol. The predicted octanol–water partition coefficient (Wildman–Crippen LogP) is 2.28. The smallest absolute Gasteiger partial charge is 0.339 e. The lowest BCUT2D eigenvalue weighted by molar-refractivity contribution is -0.130. The maximum Gasteiger partial charge on any atom is 0.339 e. The molecule has 0 amide bonds. The Morgan fingerprint density at radius 2 is 1.75 bits per heavy atom. The van der Waals surface area contributed by atoms with E-state index in [1.165, 1.54) is 6.42 Å². The summed E-state index contributed by atoms with van der Waals surface area (Å²) >= 11 is 0. The molecule has 0 aromatic carbocycles. The molecule has 0 saturated heterocycles. The van der Waals surface area contributed by atoms with Crippen molar-refractivity contribution in [3.05, 3.63) is 29.9 Å². The first-order valence-electron chi connectivity index (χ1n) is 5.52. The quantitative estimate of drug-likeness (QED) is 0.773. The molecule has 84 valence electrons. The zero-order valence-corrected chi connectivity index (χ0v) is 9.02. The van der Waals surface area contributed by atoms with Crippen LogP contribution in [0, 0.1) is 0 Å². The molecule has 0 atom stereocenters. The number of aliphatic carboxylic acids is 1. The second-order valence-corrected chi connectivity index (χ2v) is 3.92. The summed E-state index contributed by atoms with van der Waals surface area (Å²) in [4.78, 5) is 19.3. The standard InChI is InChI=1S/C12H14N2O2/c15-12(16)10(9-5-2-1-3-6-9)11-13-7-4-8-14-11/h4,7-8H,1-3,5-6H2,(H,15,16). The molecule has 1 fully saturated rings. The van der Waals surface area contributed by atoms with Gasteiger partial charge in [0.2, 0.25) is 0 Å². The summed E-state index contributed by atoms with van der Waals surface area (Å²) in [5.74, 6) is -0.574. The van der Waals surface area contributed by atoms with E-state index >= 15 is 0 Å². The normalized spacial score (nSPS) is 15.9. The van der Waals surface area contributed by atoms with E-state index in [0.717, 1.165) is 31.3 Å². The SMILES string of the molecule is O=C(O)C(=C1CCCCC1)c1ncccn1. The van der Waals surface area contributed by atoms with Crippen molar-refractivity contribution >= 4 is 11.5 Å². The van der Waals surface area contributed by atoms with Gasteiger partial charge in [0.1, 0.15) is 5.57 Å². The first-order chi connectivity index (χ1) is 7.79. The van der Waals surface area contributed by atoms with E-state index in [9.17, 15) is 9.90 Å². The zero-order chi connectivity index (χ0) is 11.4. The molecule has 1 aromatic rings. The van der Waals surface area contributed by atoms with E-state index in [4.69, 9.17) is 0 Å². The number of carbonyl (C=O) groups is 1. The fourth-order valence-electron chi connectivity index (χ4n) is 2.06. The average molecular weight is 218 g/mol. The number of hydrogen-bond donors (Lipinski definition) is 1. The number of nitrogens with zero attached hydrogens (tertiary/aromatic N) is 2. The second kappa shape index (κ2) is 4.88. The molecule has 0 spiro atoms. The van der Waals surface area contributed by atoms with E-state index in [2.05, 4.69) is 9.97 Å². The van der Waals surface area contributed by atoms with Crippen molar-refractivity contribution < 1.29 is 9.90 Å². The van der Waals surface area contributed by atoms with Gasteiger partial charge in [-0.05, 0) is 31.7 Å². The monoisotopic (exact) mass is 218 g/mol. The summed E-state index contributed by atoms with van der Waals surface area (Å²) in [6, 6.07) is 1.69. The van der Waals surface area contributed by atoms with Gasteiger partial charge in [-0.15, -0.1) is 0 Å². The molecule has 1 heterocycles. The van der Waals surface area contributed by atoms with Crippen LogP contribution in [-0.2, 0) is 4.79 Å². The van der Waals surface area contributed by atoms with Gasteiger partial charge in [-0.3, -0.25) is 0 Å². The van der Waals surface area contributed by atoms with E-state index < -0.39 is 5.97 Å². The maximum atomic E-state index is 11.3. The molecule has 0 aliphatic heterocycles. The summed E-state index contributed by atoms with van der Waals surface area (Å²) in [6.07, 6.45) is 8.20. The van der Waals surface area contributed by atoms with Crippen molar-refractivity contribution in [3.8, 4) is 0 Å². The van der Waals surface area contributed by atoms with Crippen molar-refractivity contribution in [2.24, 2.45) is 0 Å².